The van der Waals surface area contributed by atoms with Gasteiger partial charge in [0.1, 0.15) is 0 Å². The zero-order chi connectivity index (χ0) is 7.33. The van der Waals surface area contributed by atoms with E-state index in [4.69, 9.17) is 4.55 Å². The lowest BCUT2D eigenvalue weighted by Gasteiger charge is -1.96. The Balaban J connectivity index is 0. The zero-order valence-corrected chi connectivity index (χ0v) is 6.82. The maximum absolute atomic E-state index is 9.95. The second-order valence-electron chi connectivity index (χ2n) is 1.72. The fourth-order valence-corrected chi connectivity index (χ4v) is 0.780. The molecule has 0 saturated carbocycles. The molecule has 0 rings (SSSR count). The second kappa shape index (κ2) is 5.60. The van der Waals surface area contributed by atoms with Crippen LogP contribution in [0.3, 0.4) is 0 Å². The van der Waals surface area contributed by atoms with Crippen molar-refractivity contribution >= 4 is 10.3 Å². The predicted molar refractivity (Wildman–Crippen MR) is 39.5 cm³/mol. The average Bonchev–Trinajstić information content (AvgIpc) is 1.63. The lowest BCUT2D eigenvalue weighted by Crippen LogP contribution is -2.23. The van der Waals surface area contributed by atoms with Crippen LogP contribution in [0, 0.1) is 0 Å². The summed E-state index contributed by atoms with van der Waals surface area (Å²) in [5, 5.41) is 0. The highest BCUT2D eigenvalue weighted by atomic mass is 32.2. The first kappa shape index (κ1) is 12.5. The summed E-state index contributed by atoms with van der Waals surface area (Å²) in [5.41, 5.74) is 0. The summed E-state index contributed by atoms with van der Waals surface area (Å²) < 4.78 is 30.0. The Morgan fingerprint density at radius 3 is 2.30 bits per heavy atom. The first-order valence-corrected chi connectivity index (χ1v) is 4.22. The topological polar surface area (TPSA) is 101 Å². The number of hydrogen-bond donors (Lipinski definition) is 3. The van der Waals surface area contributed by atoms with Gasteiger partial charge in [-0.05, 0) is 6.42 Å². The summed E-state index contributed by atoms with van der Waals surface area (Å²) in [6.07, 6.45) is 1.66. The summed E-state index contributed by atoms with van der Waals surface area (Å²) in [4.78, 5) is 0. The lowest BCUT2D eigenvalue weighted by molar-refractivity contribution is 0.466. The van der Waals surface area contributed by atoms with Crippen LogP contribution < -0.4 is 10.9 Å². The number of nitrogens with one attached hydrogen (secondary N) is 1. The van der Waals surface area contributed by atoms with Crippen molar-refractivity contribution in [3.63, 3.8) is 0 Å². The van der Waals surface area contributed by atoms with Gasteiger partial charge in [0.2, 0.25) is 0 Å². The van der Waals surface area contributed by atoms with Crippen LogP contribution in [-0.2, 0) is 10.3 Å². The van der Waals surface area contributed by atoms with E-state index in [1.807, 2.05) is 11.6 Å². The molecular weight excluding hydrogens is 156 g/mol. The second-order valence-corrected chi connectivity index (χ2v) is 2.96. The summed E-state index contributed by atoms with van der Waals surface area (Å²) in [6.45, 7) is 2.25. The van der Waals surface area contributed by atoms with E-state index in [1.165, 1.54) is 0 Å². The van der Waals surface area contributed by atoms with E-state index >= 15 is 0 Å². The van der Waals surface area contributed by atoms with Crippen molar-refractivity contribution in [2.24, 2.45) is 0 Å². The Morgan fingerprint density at radius 1 is 1.50 bits per heavy atom. The van der Waals surface area contributed by atoms with Gasteiger partial charge in [0.15, 0.2) is 0 Å². The highest BCUT2D eigenvalue weighted by Crippen LogP contribution is 1.83. The molecule has 0 saturated heterocycles. The van der Waals surface area contributed by atoms with Gasteiger partial charge in [0.25, 0.3) is 0 Å². The van der Waals surface area contributed by atoms with E-state index in [9.17, 15) is 8.42 Å². The summed E-state index contributed by atoms with van der Waals surface area (Å²) in [5.74, 6) is 0. The Labute approximate surface area is 61.3 Å². The predicted octanol–water partition coefficient (Wildman–Crippen LogP) is 0.341. The number of rotatable bonds is 4. The van der Waals surface area contributed by atoms with Crippen molar-refractivity contribution in [1.29, 1.82) is 0 Å². The standard InChI is InChI=1S/C4H11NO3S.H3N/c1-2-3-4-5-9(6,7)8;/h5H,2-4H2,1H3,(H,6,7,8);1H3. The van der Waals surface area contributed by atoms with Crippen molar-refractivity contribution in [2.75, 3.05) is 6.54 Å². The molecule has 10 heavy (non-hydrogen) atoms. The van der Waals surface area contributed by atoms with E-state index < -0.39 is 10.3 Å². The highest BCUT2D eigenvalue weighted by molar-refractivity contribution is 7.83. The minimum absolute atomic E-state index is 0. The normalized spacial score (nSPS) is 10.6. The smallest absolute Gasteiger partial charge is 0.333 e. The molecule has 0 aromatic rings. The van der Waals surface area contributed by atoms with E-state index in [1.54, 1.807) is 0 Å². The average molecular weight is 170 g/mol. The summed E-state index contributed by atoms with van der Waals surface area (Å²) >= 11 is 0. The third kappa shape index (κ3) is 10.7. The van der Waals surface area contributed by atoms with E-state index in [-0.39, 0.29) is 6.15 Å². The monoisotopic (exact) mass is 170 g/mol. The van der Waals surface area contributed by atoms with E-state index in [2.05, 4.69) is 0 Å². The lowest BCUT2D eigenvalue weighted by atomic mass is 10.3. The van der Waals surface area contributed by atoms with Gasteiger partial charge in [-0.25, -0.2) is 0 Å². The molecule has 0 aliphatic rings. The van der Waals surface area contributed by atoms with Crippen LogP contribution >= 0.6 is 0 Å². The van der Waals surface area contributed by atoms with Gasteiger partial charge >= 0.3 is 10.3 Å². The van der Waals surface area contributed by atoms with Gasteiger partial charge < -0.3 is 6.15 Å². The van der Waals surface area contributed by atoms with E-state index in [0.29, 0.717) is 6.54 Å². The minimum Gasteiger partial charge on any atom is -0.344 e. The maximum Gasteiger partial charge on any atom is 0.333 e. The van der Waals surface area contributed by atoms with Gasteiger partial charge in [-0.15, -0.1) is 0 Å². The molecule has 0 atom stereocenters. The fraction of sp³-hybridized carbons (Fsp3) is 1.00. The highest BCUT2D eigenvalue weighted by Gasteiger charge is 1.98. The zero-order valence-electron chi connectivity index (χ0n) is 6.00. The molecule has 0 amide bonds. The molecular formula is C4H14N2O3S. The third-order valence-corrected chi connectivity index (χ3v) is 1.38. The molecule has 0 fully saturated rings. The van der Waals surface area contributed by atoms with Gasteiger partial charge in [-0.1, -0.05) is 13.3 Å². The Bertz CT molecular complexity index is 154. The van der Waals surface area contributed by atoms with Gasteiger partial charge in [-0.2, -0.15) is 13.1 Å². The summed E-state index contributed by atoms with van der Waals surface area (Å²) in [6, 6.07) is 0. The number of unbranched alkanes of at least 4 members (excludes halogenated alkanes) is 1. The Hall–Kier alpha value is -0.170. The quantitative estimate of drug-likeness (QED) is 0.418. The molecule has 0 aromatic carbocycles. The van der Waals surface area contributed by atoms with Gasteiger partial charge in [-0.3, -0.25) is 4.55 Å². The maximum atomic E-state index is 9.95. The molecule has 0 heterocycles. The van der Waals surface area contributed by atoms with Crippen LogP contribution in [0.5, 0.6) is 0 Å². The van der Waals surface area contributed by atoms with Crippen molar-refractivity contribution in [3.05, 3.63) is 0 Å². The van der Waals surface area contributed by atoms with Crippen molar-refractivity contribution in [2.45, 2.75) is 19.8 Å². The first-order chi connectivity index (χ1) is 4.06. The van der Waals surface area contributed by atoms with Crippen LogP contribution in [0.2, 0.25) is 0 Å². The van der Waals surface area contributed by atoms with Crippen molar-refractivity contribution in [3.8, 4) is 0 Å². The molecule has 0 bridgehead atoms. The van der Waals surface area contributed by atoms with Crippen LogP contribution in [0.1, 0.15) is 19.8 Å². The molecule has 0 aliphatic carbocycles. The van der Waals surface area contributed by atoms with Crippen LogP contribution in [0.15, 0.2) is 0 Å². The third-order valence-electron chi connectivity index (χ3n) is 0.815. The van der Waals surface area contributed by atoms with Crippen LogP contribution in [0.4, 0.5) is 0 Å². The van der Waals surface area contributed by atoms with Crippen LogP contribution in [0.25, 0.3) is 0 Å². The molecule has 0 aromatic heterocycles. The molecule has 0 aliphatic heterocycles. The van der Waals surface area contributed by atoms with Gasteiger partial charge in [0.05, 0.1) is 0 Å². The molecule has 6 heteroatoms. The largest absolute Gasteiger partial charge is 0.344 e. The fourth-order valence-electron chi connectivity index (χ4n) is 0.378. The Kier molecular flexibility index (Phi) is 7.00. The molecule has 64 valence electrons. The first-order valence-electron chi connectivity index (χ1n) is 2.78. The molecule has 0 spiro atoms. The molecule has 0 unspecified atom stereocenters. The molecule has 5 N–H and O–H groups in total. The van der Waals surface area contributed by atoms with Crippen molar-refractivity contribution in [1.82, 2.24) is 10.9 Å². The SMILES string of the molecule is CCCCNS(=O)(=O)O.N. The summed E-state index contributed by atoms with van der Waals surface area (Å²) in [7, 11) is -3.95. The minimum atomic E-state index is -3.95. The molecule has 5 nitrogen and oxygen atoms in total. The molecule has 0 radical (unpaired) electrons. The van der Waals surface area contributed by atoms with E-state index in [0.717, 1.165) is 12.8 Å². The number of hydrogen-bond acceptors (Lipinski definition) is 3. The van der Waals surface area contributed by atoms with Crippen molar-refractivity contribution < 1.29 is 13.0 Å². The Morgan fingerprint density at radius 2 is 2.00 bits per heavy atom. The van der Waals surface area contributed by atoms with Gasteiger partial charge in [0, 0.05) is 6.54 Å². The van der Waals surface area contributed by atoms with Crippen LogP contribution in [-0.4, -0.2) is 19.5 Å².